The van der Waals surface area contributed by atoms with E-state index < -0.39 is 10.0 Å². The number of hydrogen-bond acceptors (Lipinski definition) is 4. The van der Waals surface area contributed by atoms with Crippen LogP contribution < -0.4 is 10.1 Å². The van der Waals surface area contributed by atoms with E-state index in [2.05, 4.69) is 5.32 Å². The van der Waals surface area contributed by atoms with Gasteiger partial charge in [0, 0.05) is 17.6 Å². The lowest BCUT2D eigenvalue weighted by molar-refractivity contribution is -0.122. The van der Waals surface area contributed by atoms with Crippen LogP contribution in [-0.4, -0.2) is 38.3 Å². The quantitative estimate of drug-likeness (QED) is 0.593. The summed E-state index contributed by atoms with van der Waals surface area (Å²) in [6.45, 7) is -0.208. The molecule has 1 amide bonds. The van der Waals surface area contributed by atoms with Gasteiger partial charge >= 0.3 is 0 Å². The summed E-state index contributed by atoms with van der Waals surface area (Å²) < 4.78 is 33.7. The maximum Gasteiger partial charge on any atom is 0.247 e. The van der Waals surface area contributed by atoms with Crippen molar-refractivity contribution in [3.05, 3.63) is 59.1 Å². The Morgan fingerprint density at radius 1 is 1.06 bits per heavy atom. The Morgan fingerprint density at radius 3 is 2.38 bits per heavy atom. The van der Waals surface area contributed by atoms with E-state index in [-0.39, 0.29) is 40.7 Å². The number of nitrogens with zero attached hydrogens (tertiary/aromatic N) is 1. The van der Waals surface area contributed by atoms with Gasteiger partial charge in [0.15, 0.2) is 0 Å². The van der Waals surface area contributed by atoms with Crippen molar-refractivity contribution in [2.75, 3.05) is 13.7 Å². The molecule has 32 heavy (non-hydrogen) atoms. The maximum absolute atomic E-state index is 13.6. The van der Waals surface area contributed by atoms with Crippen molar-refractivity contribution >= 4 is 27.5 Å². The first-order chi connectivity index (χ1) is 15.4. The smallest absolute Gasteiger partial charge is 0.247 e. The standard InChI is InChI=1S/C24H31ClN2O4S/c1-31-22-15-14-20(25)16-23(22)32(29,30)27(17-19-10-6-5-7-11-19)18-24(28)26-21-12-8-3-2-4-9-13-21/h5-7,10-11,14-16,21H,2-4,8-9,12-13,17-18H2,1H3,(H,26,28). The van der Waals surface area contributed by atoms with E-state index in [9.17, 15) is 13.2 Å². The van der Waals surface area contributed by atoms with Crippen LogP contribution in [0.2, 0.25) is 5.02 Å². The average Bonchev–Trinajstić information content (AvgIpc) is 2.76. The van der Waals surface area contributed by atoms with Crippen LogP contribution in [0.3, 0.4) is 0 Å². The van der Waals surface area contributed by atoms with Gasteiger partial charge < -0.3 is 10.1 Å². The van der Waals surface area contributed by atoms with Gasteiger partial charge in [0.05, 0.1) is 13.7 Å². The lowest BCUT2D eigenvalue weighted by Gasteiger charge is -2.25. The molecule has 1 N–H and O–H groups in total. The molecule has 0 unspecified atom stereocenters. The Hall–Kier alpha value is -2.09. The molecule has 0 aromatic heterocycles. The summed E-state index contributed by atoms with van der Waals surface area (Å²) in [5.74, 6) is -0.107. The number of sulfonamides is 1. The third kappa shape index (κ3) is 6.70. The summed E-state index contributed by atoms with van der Waals surface area (Å²) >= 11 is 6.09. The predicted molar refractivity (Wildman–Crippen MR) is 126 cm³/mol. The fourth-order valence-electron chi connectivity index (χ4n) is 4.04. The number of halogens is 1. The summed E-state index contributed by atoms with van der Waals surface area (Å²) in [6.07, 6.45) is 7.61. The summed E-state index contributed by atoms with van der Waals surface area (Å²) in [5, 5.41) is 3.34. The summed E-state index contributed by atoms with van der Waals surface area (Å²) in [5.41, 5.74) is 0.788. The van der Waals surface area contributed by atoms with Gasteiger partial charge in [-0.3, -0.25) is 4.79 Å². The average molecular weight is 479 g/mol. The van der Waals surface area contributed by atoms with Gasteiger partial charge in [0.25, 0.3) is 0 Å². The molecule has 0 radical (unpaired) electrons. The van der Waals surface area contributed by atoms with E-state index in [0.717, 1.165) is 31.2 Å². The van der Waals surface area contributed by atoms with Gasteiger partial charge in [0.2, 0.25) is 15.9 Å². The Bertz CT molecular complexity index is 990. The van der Waals surface area contributed by atoms with Gasteiger partial charge in [-0.1, -0.05) is 74.0 Å². The number of carbonyl (C=O) groups excluding carboxylic acids is 1. The van der Waals surface area contributed by atoms with Crippen LogP contribution in [0, 0.1) is 0 Å². The molecule has 8 heteroatoms. The minimum absolute atomic E-state index is 0.0535. The van der Waals surface area contributed by atoms with Crippen molar-refractivity contribution in [2.24, 2.45) is 0 Å². The lowest BCUT2D eigenvalue weighted by atomic mass is 9.97. The van der Waals surface area contributed by atoms with Crippen molar-refractivity contribution in [1.82, 2.24) is 9.62 Å². The lowest BCUT2D eigenvalue weighted by Crippen LogP contribution is -2.44. The predicted octanol–water partition coefficient (Wildman–Crippen LogP) is 4.77. The second kappa shape index (κ2) is 11.7. The largest absolute Gasteiger partial charge is 0.495 e. The van der Waals surface area contributed by atoms with E-state index in [0.29, 0.717) is 0 Å². The van der Waals surface area contributed by atoms with E-state index in [1.54, 1.807) is 6.07 Å². The van der Waals surface area contributed by atoms with E-state index in [4.69, 9.17) is 16.3 Å². The molecule has 1 saturated carbocycles. The van der Waals surface area contributed by atoms with Crippen LogP contribution in [0.1, 0.15) is 50.5 Å². The molecule has 0 heterocycles. The molecule has 1 aliphatic carbocycles. The molecule has 0 spiro atoms. The highest BCUT2D eigenvalue weighted by Gasteiger charge is 2.30. The molecular weight excluding hydrogens is 448 g/mol. The van der Waals surface area contributed by atoms with Gasteiger partial charge in [-0.05, 0) is 36.6 Å². The van der Waals surface area contributed by atoms with E-state index in [1.165, 1.54) is 42.8 Å². The number of amides is 1. The minimum atomic E-state index is -4.05. The number of rotatable bonds is 8. The fraction of sp³-hybridized carbons (Fsp3) is 0.458. The van der Waals surface area contributed by atoms with Crippen LogP contribution in [0.5, 0.6) is 5.75 Å². The maximum atomic E-state index is 13.6. The molecule has 1 aliphatic rings. The molecule has 6 nitrogen and oxygen atoms in total. The Kier molecular flexibility index (Phi) is 8.96. The van der Waals surface area contributed by atoms with Crippen LogP contribution in [0.15, 0.2) is 53.4 Å². The first-order valence-electron chi connectivity index (χ1n) is 11.1. The van der Waals surface area contributed by atoms with Crippen LogP contribution in [0.25, 0.3) is 0 Å². The summed E-state index contributed by atoms with van der Waals surface area (Å²) in [6, 6.07) is 13.8. The highest BCUT2D eigenvalue weighted by molar-refractivity contribution is 7.89. The number of nitrogens with one attached hydrogen (secondary N) is 1. The van der Waals surface area contributed by atoms with Crippen molar-refractivity contribution < 1.29 is 17.9 Å². The number of carbonyl (C=O) groups is 1. The second-order valence-corrected chi connectivity index (χ2v) is 10.5. The highest BCUT2D eigenvalue weighted by atomic mass is 35.5. The van der Waals surface area contributed by atoms with Crippen molar-refractivity contribution in [2.45, 2.75) is 62.4 Å². The SMILES string of the molecule is COc1ccc(Cl)cc1S(=O)(=O)N(CC(=O)NC1CCCCCCC1)Cc1ccccc1. The number of ether oxygens (including phenoxy) is 1. The molecular formula is C24H31ClN2O4S. The van der Waals surface area contributed by atoms with Gasteiger partial charge in [-0.2, -0.15) is 4.31 Å². The molecule has 0 bridgehead atoms. The Balaban J connectivity index is 1.84. The number of hydrogen-bond donors (Lipinski definition) is 1. The van der Waals surface area contributed by atoms with Gasteiger partial charge in [-0.15, -0.1) is 0 Å². The normalized spacial score (nSPS) is 15.7. The first kappa shape index (κ1) is 24.6. The van der Waals surface area contributed by atoms with Crippen LogP contribution in [0.4, 0.5) is 0 Å². The molecule has 3 rings (SSSR count). The molecule has 2 aromatic rings. The Labute approximate surface area is 196 Å². The number of benzene rings is 2. The van der Waals surface area contributed by atoms with Crippen molar-refractivity contribution in [1.29, 1.82) is 0 Å². The molecule has 0 atom stereocenters. The molecule has 1 fully saturated rings. The molecule has 174 valence electrons. The zero-order valence-electron chi connectivity index (χ0n) is 18.4. The first-order valence-corrected chi connectivity index (χ1v) is 12.9. The third-order valence-corrected chi connectivity index (χ3v) is 7.78. The minimum Gasteiger partial charge on any atom is -0.495 e. The van der Waals surface area contributed by atoms with Gasteiger partial charge in [0.1, 0.15) is 10.6 Å². The van der Waals surface area contributed by atoms with Crippen molar-refractivity contribution in [3.63, 3.8) is 0 Å². The van der Waals surface area contributed by atoms with Crippen LogP contribution in [-0.2, 0) is 21.4 Å². The molecule has 2 aromatic carbocycles. The van der Waals surface area contributed by atoms with Crippen molar-refractivity contribution in [3.8, 4) is 5.75 Å². The summed E-state index contributed by atoms with van der Waals surface area (Å²) in [7, 11) is -2.64. The zero-order valence-corrected chi connectivity index (χ0v) is 20.0. The Morgan fingerprint density at radius 2 is 1.72 bits per heavy atom. The number of methoxy groups -OCH3 is 1. The zero-order chi connectivity index (χ0) is 23.0. The van der Waals surface area contributed by atoms with Gasteiger partial charge in [-0.25, -0.2) is 8.42 Å². The summed E-state index contributed by atoms with van der Waals surface area (Å²) in [4.78, 5) is 12.9. The molecule has 0 aliphatic heterocycles. The monoisotopic (exact) mass is 478 g/mol. The second-order valence-electron chi connectivity index (χ2n) is 8.16. The third-order valence-electron chi connectivity index (χ3n) is 5.74. The molecule has 0 saturated heterocycles. The fourth-order valence-corrected chi connectivity index (χ4v) is 5.84. The topological polar surface area (TPSA) is 75.7 Å². The van der Waals surface area contributed by atoms with Crippen LogP contribution >= 0.6 is 11.6 Å². The highest BCUT2D eigenvalue weighted by Crippen LogP contribution is 2.30. The van der Waals surface area contributed by atoms with E-state index in [1.807, 2.05) is 30.3 Å². The van der Waals surface area contributed by atoms with E-state index >= 15 is 0 Å².